The Morgan fingerprint density at radius 3 is 3.00 bits per heavy atom. The molecule has 0 radical (unpaired) electrons. The van der Waals surface area contributed by atoms with Gasteiger partial charge in [-0.15, -0.1) is 0 Å². The molecular formula is C14H17N3O2. The number of fused-ring (bicyclic) bond motifs is 1. The van der Waals surface area contributed by atoms with Gasteiger partial charge in [0.1, 0.15) is 0 Å². The predicted octanol–water partition coefficient (Wildman–Crippen LogP) is 0.663. The lowest BCUT2D eigenvalue weighted by atomic mass is 10.0. The number of hydrogen-bond acceptors (Lipinski definition) is 3. The van der Waals surface area contributed by atoms with Crippen LogP contribution >= 0.6 is 0 Å². The van der Waals surface area contributed by atoms with Crippen molar-refractivity contribution in [3.8, 4) is 0 Å². The first-order valence-corrected chi connectivity index (χ1v) is 6.52. The third kappa shape index (κ3) is 2.33. The molecule has 0 saturated carbocycles. The van der Waals surface area contributed by atoms with Crippen LogP contribution in [0.25, 0.3) is 0 Å². The lowest BCUT2D eigenvalue weighted by molar-refractivity contribution is -0.115. The van der Waals surface area contributed by atoms with Crippen molar-refractivity contribution in [1.82, 2.24) is 10.6 Å². The number of anilines is 1. The molecule has 1 fully saturated rings. The summed E-state index contributed by atoms with van der Waals surface area (Å²) in [6.07, 6.45) is 1.33. The Morgan fingerprint density at radius 2 is 2.26 bits per heavy atom. The maximum Gasteiger partial charge on any atom is 0.251 e. The highest BCUT2D eigenvalue weighted by atomic mass is 16.2. The Hall–Kier alpha value is -1.88. The molecule has 2 amide bonds. The molecule has 2 heterocycles. The van der Waals surface area contributed by atoms with Crippen LogP contribution in [0.5, 0.6) is 0 Å². The molecule has 1 aromatic rings. The van der Waals surface area contributed by atoms with E-state index in [1.54, 1.807) is 12.1 Å². The van der Waals surface area contributed by atoms with Gasteiger partial charge in [-0.3, -0.25) is 9.59 Å². The molecular weight excluding hydrogens is 242 g/mol. The van der Waals surface area contributed by atoms with Crippen LogP contribution < -0.4 is 16.0 Å². The number of rotatable bonds is 2. The Kier molecular flexibility index (Phi) is 2.78. The number of nitrogens with one attached hydrogen (secondary N) is 3. The first kappa shape index (κ1) is 12.2. The molecule has 1 aromatic carbocycles. The topological polar surface area (TPSA) is 70.2 Å². The van der Waals surface area contributed by atoms with Crippen LogP contribution in [0.2, 0.25) is 0 Å². The summed E-state index contributed by atoms with van der Waals surface area (Å²) in [7, 11) is 0. The molecule has 0 spiro atoms. The minimum absolute atomic E-state index is 0.0143. The third-order valence-electron chi connectivity index (χ3n) is 3.78. The van der Waals surface area contributed by atoms with Crippen molar-refractivity contribution in [2.75, 3.05) is 18.4 Å². The monoisotopic (exact) mass is 259 g/mol. The fraction of sp³-hybridized carbons (Fsp3) is 0.429. The third-order valence-corrected chi connectivity index (χ3v) is 3.78. The van der Waals surface area contributed by atoms with Gasteiger partial charge >= 0.3 is 0 Å². The van der Waals surface area contributed by atoms with Crippen molar-refractivity contribution < 1.29 is 9.59 Å². The van der Waals surface area contributed by atoms with E-state index in [9.17, 15) is 9.59 Å². The molecule has 0 aromatic heterocycles. The minimum Gasteiger partial charge on any atom is -0.346 e. The second-order valence-corrected chi connectivity index (χ2v) is 5.54. The van der Waals surface area contributed by atoms with Crippen molar-refractivity contribution in [2.24, 2.45) is 0 Å². The molecule has 19 heavy (non-hydrogen) atoms. The molecule has 0 bridgehead atoms. The molecule has 5 heteroatoms. The summed E-state index contributed by atoms with van der Waals surface area (Å²) in [6.45, 7) is 3.76. The van der Waals surface area contributed by atoms with Crippen LogP contribution in [0.1, 0.15) is 29.3 Å². The van der Waals surface area contributed by atoms with Crippen molar-refractivity contribution in [3.05, 3.63) is 29.3 Å². The van der Waals surface area contributed by atoms with Gasteiger partial charge in [-0.1, -0.05) is 6.07 Å². The molecule has 3 N–H and O–H groups in total. The molecule has 1 atom stereocenters. The largest absolute Gasteiger partial charge is 0.346 e. The molecule has 100 valence electrons. The SMILES string of the molecule is CC1(NC(=O)c2ccc3c(c2)NC(=O)C3)CCNC1. The summed E-state index contributed by atoms with van der Waals surface area (Å²) in [5.41, 5.74) is 2.12. The maximum atomic E-state index is 12.2. The zero-order valence-electron chi connectivity index (χ0n) is 10.9. The molecule has 2 aliphatic heterocycles. The summed E-state index contributed by atoms with van der Waals surface area (Å²) in [4.78, 5) is 23.5. The smallest absolute Gasteiger partial charge is 0.251 e. The molecule has 0 aliphatic carbocycles. The summed E-state index contributed by atoms with van der Waals surface area (Å²) in [6, 6.07) is 5.37. The fourth-order valence-corrected chi connectivity index (χ4v) is 2.63. The van der Waals surface area contributed by atoms with Crippen molar-refractivity contribution in [3.63, 3.8) is 0 Å². The normalized spacial score (nSPS) is 25.0. The van der Waals surface area contributed by atoms with E-state index in [-0.39, 0.29) is 17.4 Å². The molecule has 2 aliphatic rings. The van der Waals surface area contributed by atoms with Gasteiger partial charge < -0.3 is 16.0 Å². The number of benzene rings is 1. The highest BCUT2D eigenvalue weighted by Crippen LogP contribution is 2.24. The van der Waals surface area contributed by atoms with E-state index in [1.165, 1.54) is 0 Å². The molecule has 1 saturated heterocycles. The van der Waals surface area contributed by atoms with E-state index in [1.807, 2.05) is 13.0 Å². The number of carbonyl (C=O) groups excluding carboxylic acids is 2. The highest BCUT2D eigenvalue weighted by Gasteiger charge is 2.30. The van der Waals surface area contributed by atoms with Crippen LogP contribution in [0, 0.1) is 0 Å². The van der Waals surface area contributed by atoms with E-state index >= 15 is 0 Å². The zero-order chi connectivity index (χ0) is 13.5. The van der Waals surface area contributed by atoms with Gasteiger partial charge in [-0.25, -0.2) is 0 Å². The Labute approximate surface area is 111 Å². The van der Waals surface area contributed by atoms with Crippen molar-refractivity contribution in [1.29, 1.82) is 0 Å². The van der Waals surface area contributed by atoms with Crippen LogP contribution in [0.15, 0.2) is 18.2 Å². The summed E-state index contributed by atoms with van der Waals surface area (Å²) in [5.74, 6) is -0.102. The molecule has 5 nitrogen and oxygen atoms in total. The van der Waals surface area contributed by atoms with Crippen LogP contribution in [-0.4, -0.2) is 30.4 Å². The molecule has 1 unspecified atom stereocenters. The van der Waals surface area contributed by atoms with Crippen molar-refractivity contribution in [2.45, 2.75) is 25.3 Å². The summed E-state index contributed by atoms with van der Waals surface area (Å²) < 4.78 is 0. The number of carbonyl (C=O) groups is 2. The lowest BCUT2D eigenvalue weighted by Gasteiger charge is -2.24. The lowest BCUT2D eigenvalue weighted by Crippen LogP contribution is -2.47. The maximum absolute atomic E-state index is 12.2. The average molecular weight is 259 g/mol. The number of amides is 2. The first-order valence-electron chi connectivity index (χ1n) is 6.52. The second-order valence-electron chi connectivity index (χ2n) is 5.54. The average Bonchev–Trinajstić information content (AvgIpc) is 2.93. The van der Waals surface area contributed by atoms with Crippen LogP contribution in [0.3, 0.4) is 0 Å². The van der Waals surface area contributed by atoms with Crippen LogP contribution in [-0.2, 0) is 11.2 Å². The predicted molar refractivity (Wildman–Crippen MR) is 72.1 cm³/mol. The summed E-state index contributed by atoms with van der Waals surface area (Å²) in [5, 5.41) is 9.07. The fourth-order valence-electron chi connectivity index (χ4n) is 2.63. The Bertz CT molecular complexity index is 548. The summed E-state index contributed by atoms with van der Waals surface area (Å²) >= 11 is 0. The first-order chi connectivity index (χ1) is 9.06. The quantitative estimate of drug-likeness (QED) is 0.731. The second kappa shape index (κ2) is 4.35. The van der Waals surface area contributed by atoms with E-state index < -0.39 is 0 Å². The Balaban J connectivity index is 1.77. The van der Waals surface area contributed by atoms with Crippen LogP contribution in [0.4, 0.5) is 5.69 Å². The zero-order valence-corrected chi connectivity index (χ0v) is 10.9. The van der Waals surface area contributed by atoms with Gasteiger partial charge in [-0.2, -0.15) is 0 Å². The Morgan fingerprint density at radius 1 is 1.42 bits per heavy atom. The van der Waals surface area contributed by atoms with Gasteiger partial charge in [0.2, 0.25) is 5.91 Å². The standard InChI is InChI=1S/C14H17N3O2/c1-14(4-5-15-8-14)17-13(19)10-3-2-9-7-12(18)16-11(9)6-10/h2-3,6,15H,4-5,7-8H2,1H3,(H,16,18)(H,17,19). The highest BCUT2D eigenvalue weighted by molar-refractivity contribution is 6.02. The van der Waals surface area contributed by atoms with Crippen molar-refractivity contribution >= 4 is 17.5 Å². The van der Waals surface area contributed by atoms with Gasteiger partial charge in [0.05, 0.1) is 12.0 Å². The van der Waals surface area contributed by atoms with Gasteiger partial charge in [0, 0.05) is 17.8 Å². The van der Waals surface area contributed by atoms with E-state index in [4.69, 9.17) is 0 Å². The van der Waals surface area contributed by atoms with Gasteiger partial charge in [0.15, 0.2) is 0 Å². The van der Waals surface area contributed by atoms with E-state index in [0.29, 0.717) is 12.0 Å². The van der Waals surface area contributed by atoms with Gasteiger partial charge in [0.25, 0.3) is 5.91 Å². The van der Waals surface area contributed by atoms with E-state index in [2.05, 4.69) is 16.0 Å². The minimum atomic E-state index is -0.181. The van der Waals surface area contributed by atoms with Gasteiger partial charge in [-0.05, 0) is 37.6 Å². The van der Waals surface area contributed by atoms with E-state index in [0.717, 1.165) is 30.8 Å². The molecule has 3 rings (SSSR count). The number of hydrogen-bond donors (Lipinski definition) is 3.